The third kappa shape index (κ3) is 3.10. The van der Waals surface area contributed by atoms with Crippen molar-refractivity contribution in [2.45, 2.75) is 37.2 Å². The van der Waals surface area contributed by atoms with Crippen LogP contribution in [0, 0.1) is 5.82 Å². The van der Waals surface area contributed by atoms with E-state index in [0.717, 1.165) is 12.1 Å². The number of aliphatic hydroxyl groups excluding tert-OH is 1. The van der Waals surface area contributed by atoms with Crippen molar-refractivity contribution >= 4 is 6.09 Å². The van der Waals surface area contributed by atoms with Crippen molar-refractivity contribution in [3.63, 3.8) is 0 Å². The van der Waals surface area contributed by atoms with E-state index in [1.165, 1.54) is 12.1 Å². The van der Waals surface area contributed by atoms with Crippen LogP contribution >= 0.6 is 0 Å². The lowest BCUT2D eigenvalue weighted by Gasteiger charge is -2.31. The van der Waals surface area contributed by atoms with Gasteiger partial charge in [0.15, 0.2) is 6.10 Å². The van der Waals surface area contributed by atoms with Crippen LogP contribution in [0.3, 0.4) is 0 Å². The maximum Gasteiger partial charge on any atom is 0.416 e. The highest BCUT2D eigenvalue weighted by molar-refractivity contribution is 5.67. The number of rotatable bonds is 2. The molecule has 1 unspecified atom stereocenters. The van der Waals surface area contributed by atoms with Crippen LogP contribution in [-0.2, 0) is 0 Å². The lowest BCUT2D eigenvalue weighted by Crippen LogP contribution is -2.49. The SMILES string of the molecule is O=C(O)N1[C@@H](C(O)C(F)(F)F)CC[C@H]1c1cccc(F)c1. The number of hydrogen-bond acceptors (Lipinski definition) is 2. The lowest BCUT2D eigenvalue weighted by molar-refractivity contribution is -0.218. The summed E-state index contributed by atoms with van der Waals surface area (Å²) in [6.07, 6.45) is -9.29. The maximum atomic E-state index is 13.2. The van der Waals surface area contributed by atoms with Crippen LogP contribution < -0.4 is 0 Å². The van der Waals surface area contributed by atoms with E-state index in [4.69, 9.17) is 5.11 Å². The Kier molecular flexibility index (Phi) is 4.08. The normalized spacial score (nSPS) is 24.1. The second-order valence-electron chi connectivity index (χ2n) is 4.89. The molecule has 1 amide bonds. The molecule has 0 bridgehead atoms. The molecule has 1 heterocycles. The minimum atomic E-state index is -4.91. The molecule has 0 spiro atoms. The van der Waals surface area contributed by atoms with E-state index in [-0.39, 0.29) is 18.4 Å². The highest BCUT2D eigenvalue weighted by Gasteiger charge is 2.51. The molecule has 116 valence electrons. The van der Waals surface area contributed by atoms with Gasteiger partial charge in [-0.25, -0.2) is 9.18 Å². The maximum absolute atomic E-state index is 13.2. The largest absolute Gasteiger partial charge is 0.465 e. The van der Waals surface area contributed by atoms with Crippen LogP contribution in [0.5, 0.6) is 0 Å². The van der Waals surface area contributed by atoms with E-state index < -0.39 is 36.3 Å². The van der Waals surface area contributed by atoms with Crippen molar-refractivity contribution in [1.29, 1.82) is 0 Å². The van der Waals surface area contributed by atoms with Gasteiger partial charge >= 0.3 is 12.3 Å². The summed E-state index contributed by atoms with van der Waals surface area (Å²) in [6, 6.07) is 2.56. The molecule has 1 aliphatic heterocycles. The number of alkyl halides is 3. The fourth-order valence-electron chi connectivity index (χ4n) is 2.68. The van der Waals surface area contributed by atoms with E-state index >= 15 is 0 Å². The number of hydrogen-bond donors (Lipinski definition) is 2. The average molecular weight is 307 g/mol. The number of aliphatic hydroxyl groups is 1. The van der Waals surface area contributed by atoms with Gasteiger partial charge in [-0.2, -0.15) is 13.2 Å². The Balaban J connectivity index is 2.31. The minimum Gasteiger partial charge on any atom is -0.465 e. The molecule has 1 aromatic carbocycles. The summed E-state index contributed by atoms with van der Waals surface area (Å²) < 4.78 is 51.0. The number of amides is 1. The molecule has 0 aliphatic carbocycles. The first-order valence-corrected chi connectivity index (χ1v) is 6.23. The number of carboxylic acid groups (broad SMARTS) is 1. The van der Waals surface area contributed by atoms with Gasteiger partial charge in [0.2, 0.25) is 0 Å². The predicted octanol–water partition coefficient (Wildman–Crippen LogP) is 2.93. The molecule has 1 saturated heterocycles. The second-order valence-corrected chi connectivity index (χ2v) is 4.89. The number of carbonyl (C=O) groups is 1. The summed E-state index contributed by atoms with van der Waals surface area (Å²) in [7, 11) is 0. The summed E-state index contributed by atoms with van der Waals surface area (Å²) >= 11 is 0. The number of likely N-dealkylation sites (tertiary alicyclic amines) is 1. The van der Waals surface area contributed by atoms with Crippen molar-refractivity contribution < 1.29 is 32.6 Å². The molecule has 1 aromatic rings. The number of benzene rings is 1. The van der Waals surface area contributed by atoms with E-state index in [9.17, 15) is 27.5 Å². The number of nitrogens with zero attached hydrogens (tertiary/aromatic N) is 1. The van der Waals surface area contributed by atoms with Crippen molar-refractivity contribution in [2.75, 3.05) is 0 Å². The van der Waals surface area contributed by atoms with Crippen LogP contribution in [0.1, 0.15) is 24.4 Å². The molecule has 4 nitrogen and oxygen atoms in total. The quantitative estimate of drug-likeness (QED) is 0.826. The zero-order valence-corrected chi connectivity index (χ0v) is 10.7. The fourth-order valence-corrected chi connectivity index (χ4v) is 2.68. The van der Waals surface area contributed by atoms with Gasteiger partial charge in [-0.1, -0.05) is 12.1 Å². The highest BCUT2D eigenvalue weighted by atomic mass is 19.4. The Morgan fingerprint density at radius 2 is 2.00 bits per heavy atom. The molecule has 2 N–H and O–H groups in total. The molecule has 2 rings (SSSR count). The van der Waals surface area contributed by atoms with Crippen LogP contribution in [0.25, 0.3) is 0 Å². The fraction of sp³-hybridized carbons (Fsp3) is 0.462. The van der Waals surface area contributed by atoms with Crippen molar-refractivity contribution in [3.8, 4) is 0 Å². The van der Waals surface area contributed by atoms with Gasteiger partial charge in [-0.3, -0.25) is 4.90 Å². The van der Waals surface area contributed by atoms with E-state index in [0.29, 0.717) is 4.90 Å². The molecule has 0 saturated carbocycles. The van der Waals surface area contributed by atoms with Crippen molar-refractivity contribution in [3.05, 3.63) is 35.6 Å². The van der Waals surface area contributed by atoms with Gasteiger partial charge in [0.1, 0.15) is 5.82 Å². The molecule has 0 aromatic heterocycles. The standard InChI is InChI=1S/C13H13F4NO3/c14-8-3-1-2-7(6-8)9-4-5-10(18(9)12(20)21)11(19)13(15,16)17/h1-3,6,9-11,19H,4-5H2,(H,20,21)/t9-,10+,11?/m0/s1. The van der Waals surface area contributed by atoms with Crippen molar-refractivity contribution in [1.82, 2.24) is 4.90 Å². The average Bonchev–Trinajstić information content (AvgIpc) is 2.81. The van der Waals surface area contributed by atoms with Crippen LogP contribution in [0.15, 0.2) is 24.3 Å². The highest BCUT2D eigenvalue weighted by Crippen LogP contribution is 2.40. The third-order valence-corrected chi connectivity index (χ3v) is 3.58. The van der Waals surface area contributed by atoms with Crippen LogP contribution in [0.4, 0.5) is 22.4 Å². The Morgan fingerprint density at radius 3 is 2.52 bits per heavy atom. The first-order valence-electron chi connectivity index (χ1n) is 6.23. The predicted molar refractivity (Wildman–Crippen MR) is 64.1 cm³/mol. The second kappa shape index (κ2) is 5.51. The van der Waals surface area contributed by atoms with E-state index in [1.54, 1.807) is 0 Å². The van der Waals surface area contributed by atoms with Gasteiger partial charge in [-0.15, -0.1) is 0 Å². The molecule has 1 fully saturated rings. The summed E-state index contributed by atoms with van der Waals surface area (Å²) in [5, 5.41) is 18.5. The van der Waals surface area contributed by atoms with Gasteiger partial charge in [0.25, 0.3) is 0 Å². The first-order chi connectivity index (χ1) is 9.71. The van der Waals surface area contributed by atoms with Crippen LogP contribution in [0.2, 0.25) is 0 Å². The minimum absolute atomic E-state index is 0.0908. The molecular formula is C13H13F4NO3. The summed E-state index contributed by atoms with van der Waals surface area (Å²) in [6.45, 7) is 0. The summed E-state index contributed by atoms with van der Waals surface area (Å²) in [4.78, 5) is 11.8. The van der Waals surface area contributed by atoms with E-state index in [1.807, 2.05) is 0 Å². The van der Waals surface area contributed by atoms with Gasteiger partial charge in [0, 0.05) is 0 Å². The summed E-state index contributed by atoms with van der Waals surface area (Å²) in [5.74, 6) is -0.599. The molecule has 1 aliphatic rings. The van der Waals surface area contributed by atoms with Gasteiger partial charge in [-0.05, 0) is 30.5 Å². The van der Waals surface area contributed by atoms with Crippen molar-refractivity contribution in [2.24, 2.45) is 0 Å². The Morgan fingerprint density at radius 1 is 1.33 bits per heavy atom. The molecule has 8 heteroatoms. The summed E-state index contributed by atoms with van der Waals surface area (Å²) in [5.41, 5.74) is 0.272. The van der Waals surface area contributed by atoms with Gasteiger partial charge in [0.05, 0.1) is 12.1 Å². The number of halogens is 4. The monoisotopic (exact) mass is 307 g/mol. The Hall–Kier alpha value is -1.83. The smallest absolute Gasteiger partial charge is 0.416 e. The zero-order chi connectivity index (χ0) is 15.8. The molecular weight excluding hydrogens is 294 g/mol. The van der Waals surface area contributed by atoms with Gasteiger partial charge < -0.3 is 10.2 Å². The molecule has 3 atom stereocenters. The lowest BCUT2D eigenvalue weighted by atomic mass is 10.0. The van der Waals surface area contributed by atoms with E-state index in [2.05, 4.69) is 0 Å². The Bertz CT molecular complexity index is 534. The molecule has 0 radical (unpaired) electrons. The topological polar surface area (TPSA) is 60.8 Å². The zero-order valence-electron chi connectivity index (χ0n) is 10.7. The Labute approximate surface area is 117 Å². The third-order valence-electron chi connectivity index (χ3n) is 3.58. The molecule has 21 heavy (non-hydrogen) atoms. The van der Waals surface area contributed by atoms with Crippen LogP contribution in [-0.4, -0.2) is 39.5 Å². The first kappa shape index (κ1) is 15.6.